The molecule has 0 saturated carbocycles. The van der Waals surface area contributed by atoms with Gasteiger partial charge in [0.15, 0.2) is 0 Å². The Kier molecular flexibility index (Phi) is 3.98. The fourth-order valence-electron chi connectivity index (χ4n) is 0.349. The van der Waals surface area contributed by atoms with Gasteiger partial charge in [-0.3, -0.25) is 0 Å². The Morgan fingerprint density at radius 3 is 2.00 bits per heavy atom. The van der Waals surface area contributed by atoms with Crippen LogP contribution in [0, 0.1) is 0 Å². The van der Waals surface area contributed by atoms with E-state index in [0.717, 1.165) is 6.42 Å². The Morgan fingerprint density at radius 1 is 1.57 bits per heavy atom. The quantitative estimate of drug-likeness (QED) is 0.383. The van der Waals surface area contributed by atoms with Crippen LogP contribution in [0.4, 0.5) is 0 Å². The van der Waals surface area contributed by atoms with E-state index in [4.69, 9.17) is 5.73 Å². The molecule has 0 aliphatic carbocycles. The number of rotatable bonds is 2. The summed E-state index contributed by atoms with van der Waals surface area (Å²) in [6.07, 6.45) is 0.867. The van der Waals surface area contributed by atoms with E-state index in [9.17, 15) is 0 Å². The Hall–Kier alpha value is 0.660. The highest BCUT2D eigenvalue weighted by Crippen LogP contribution is 2.03. The molecule has 0 rings (SSSR count). The first-order chi connectivity index (χ1) is 3.13. The van der Waals surface area contributed by atoms with E-state index in [0.29, 0.717) is 5.25 Å². The summed E-state index contributed by atoms with van der Waals surface area (Å²) in [5, 5.41) is 0.361. The number of thiol groups is 2. The number of hydrogen-bond acceptors (Lipinski definition) is 3. The summed E-state index contributed by atoms with van der Waals surface area (Å²) >= 11 is 8.07. The lowest BCUT2D eigenvalue weighted by Crippen LogP contribution is -2.15. The van der Waals surface area contributed by atoms with Gasteiger partial charge in [0.05, 0.1) is 0 Å². The summed E-state index contributed by atoms with van der Waals surface area (Å²) in [4.78, 5) is 0. The largest absolute Gasteiger partial charge is 0.320 e. The zero-order chi connectivity index (χ0) is 5.86. The molecule has 0 spiro atoms. The van der Waals surface area contributed by atoms with Gasteiger partial charge in [0, 0.05) is 10.6 Å². The zero-order valence-electron chi connectivity index (χ0n) is 4.33. The van der Waals surface area contributed by atoms with E-state index in [2.05, 4.69) is 25.3 Å². The van der Waals surface area contributed by atoms with Crippen LogP contribution in [0.1, 0.15) is 13.3 Å². The van der Waals surface area contributed by atoms with Crippen LogP contribution >= 0.6 is 25.3 Å². The first-order valence-corrected chi connectivity index (χ1v) is 3.28. The van der Waals surface area contributed by atoms with E-state index < -0.39 is 0 Å². The first-order valence-electron chi connectivity index (χ1n) is 2.24. The minimum absolute atomic E-state index is 0.00694. The van der Waals surface area contributed by atoms with Crippen molar-refractivity contribution < 1.29 is 0 Å². The third-order valence-corrected chi connectivity index (χ3v) is 1.00. The van der Waals surface area contributed by atoms with Crippen molar-refractivity contribution >= 4 is 25.3 Å². The third-order valence-electron chi connectivity index (χ3n) is 0.583. The molecule has 0 saturated heterocycles. The normalized spacial score (nSPS) is 18.9. The fraction of sp³-hybridized carbons (Fsp3) is 1.00. The highest BCUT2D eigenvalue weighted by atomic mass is 32.1. The van der Waals surface area contributed by atoms with Gasteiger partial charge in [-0.05, 0) is 6.42 Å². The van der Waals surface area contributed by atoms with E-state index in [1.54, 1.807) is 0 Å². The van der Waals surface area contributed by atoms with Crippen LogP contribution in [-0.2, 0) is 0 Å². The summed E-state index contributed by atoms with van der Waals surface area (Å²) in [5.41, 5.74) is 5.31. The minimum atomic E-state index is -0.00694. The van der Waals surface area contributed by atoms with Gasteiger partial charge in [-0.1, -0.05) is 6.92 Å². The van der Waals surface area contributed by atoms with Crippen molar-refractivity contribution in [1.82, 2.24) is 0 Å². The molecule has 0 aromatic rings. The SMILES string of the molecule is CC(S)CC(N)S. The maximum absolute atomic E-state index is 5.31. The Balaban J connectivity index is 2.95. The predicted molar refractivity (Wildman–Crippen MR) is 40.0 cm³/mol. The molecule has 0 radical (unpaired) electrons. The van der Waals surface area contributed by atoms with Crippen molar-refractivity contribution in [2.24, 2.45) is 5.73 Å². The molecule has 7 heavy (non-hydrogen) atoms. The highest BCUT2D eigenvalue weighted by molar-refractivity contribution is 7.81. The van der Waals surface area contributed by atoms with Gasteiger partial charge in [-0.2, -0.15) is 25.3 Å². The molecule has 0 aliphatic heterocycles. The molecule has 0 bridgehead atoms. The van der Waals surface area contributed by atoms with E-state index >= 15 is 0 Å². The zero-order valence-corrected chi connectivity index (χ0v) is 6.12. The number of nitrogens with two attached hydrogens (primary N) is 1. The second kappa shape index (κ2) is 3.64. The molecular formula is C4H11NS2. The average molecular weight is 137 g/mol. The van der Waals surface area contributed by atoms with Crippen LogP contribution in [0.2, 0.25) is 0 Å². The standard InChI is InChI=1S/C4H11NS2/c1-3(6)2-4(5)7/h3-4,6-7H,2,5H2,1H3. The van der Waals surface area contributed by atoms with Gasteiger partial charge in [0.25, 0.3) is 0 Å². The topological polar surface area (TPSA) is 26.0 Å². The summed E-state index contributed by atoms with van der Waals surface area (Å²) in [5.74, 6) is 0. The van der Waals surface area contributed by atoms with Crippen molar-refractivity contribution in [3.05, 3.63) is 0 Å². The highest BCUT2D eigenvalue weighted by Gasteiger charge is 1.97. The predicted octanol–water partition coefficient (Wildman–Crippen LogP) is 0.909. The van der Waals surface area contributed by atoms with Gasteiger partial charge in [0.1, 0.15) is 0 Å². The molecule has 3 heteroatoms. The van der Waals surface area contributed by atoms with Gasteiger partial charge in [-0.25, -0.2) is 0 Å². The molecule has 2 unspecified atom stereocenters. The molecule has 0 aromatic heterocycles. The average Bonchev–Trinajstić information content (AvgIpc) is 1.27. The van der Waals surface area contributed by atoms with Gasteiger partial charge in [0.2, 0.25) is 0 Å². The van der Waals surface area contributed by atoms with E-state index in [1.807, 2.05) is 6.92 Å². The molecule has 2 N–H and O–H groups in total. The molecule has 0 fully saturated rings. The van der Waals surface area contributed by atoms with Crippen LogP contribution in [-0.4, -0.2) is 10.6 Å². The van der Waals surface area contributed by atoms with Gasteiger partial charge in [-0.15, -0.1) is 0 Å². The van der Waals surface area contributed by atoms with Gasteiger partial charge < -0.3 is 5.73 Å². The lowest BCUT2D eigenvalue weighted by molar-refractivity contribution is 0.788. The molecule has 0 aromatic carbocycles. The Morgan fingerprint density at radius 2 is 2.00 bits per heavy atom. The lowest BCUT2D eigenvalue weighted by Gasteiger charge is -2.04. The summed E-state index contributed by atoms with van der Waals surface area (Å²) < 4.78 is 0. The van der Waals surface area contributed by atoms with Crippen LogP contribution in [0.25, 0.3) is 0 Å². The molecule has 0 amide bonds. The number of hydrogen-bond donors (Lipinski definition) is 3. The Bertz CT molecular complexity index is 39.0. The van der Waals surface area contributed by atoms with Crippen molar-refractivity contribution in [1.29, 1.82) is 0 Å². The second-order valence-electron chi connectivity index (χ2n) is 1.65. The smallest absolute Gasteiger partial charge is 0.0487 e. The molecule has 2 atom stereocenters. The van der Waals surface area contributed by atoms with Crippen molar-refractivity contribution in [3.63, 3.8) is 0 Å². The summed E-state index contributed by atoms with van der Waals surface area (Å²) in [6.45, 7) is 2.00. The second-order valence-corrected chi connectivity index (χ2v) is 3.20. The van der Waals surface area contributed by atoms with Crippen molar-refractivity contribution in [3.8, 4) is 0 Å². The monoisotopic (exact) mass is 137 g/mol. The van der Waals surface area contributed by atoms with Crippen LogP contribution in [0.15, 0.2) is 0 Å². The molecule has 44 valence electrons. The van der Waals surface area contributed by atoms with Gasteiger partial charge >= 0.3 is 0 Å². The van der Waals surface area contributed by atoms with E-state index in [-0.39, 0.29) is 5.37 Å². The van der Waals surface area contributed by atoms with Crippen LogP contribution < -0.4 is 5.73 Å². The van der Waals surface area contributed by atoms with Crippen LogP contribution in [0.5, 0.6) is 0 Å². The van der Waals surface area contributed by atoms with Crippen LogP contribution in [0.3, 0.4) is 0 Å². The fourth-order valence-corrected chi connectivity index (χ4v) is 1.06. The summed E-state index contributed by atoms with van der Waals surface area (Å²) in [7, 11) is 0. The summed E-state index contributed by atoms with van der Waals surface area (Å²) in [6, 6.07) is 0. The minimum Gasteiger partial charge on any atom is -0.320 e. The van der Waals surface area contributed by atoms with E-state index in [1.165, 1.54) is 0 Å². The first kappa shape index (κ1) is 7.66. The molecular weight excluding hydrogens is 126 g/mol. The van der Waals surface area contributed by atoms with Crippen molar-refractivity contribution in [2.75, 3.05) is 0 Å². The third kappa shape index (κ3) is 6.66. The lowest BCUT2D eigenvalue weighted by atomic mass is 10.3. The van der Waals surface area contributed by atoms with Crippen molar-refractivity contribution in [2.45, 2.75) is 24.0 Å². The maximum atomic E-state index is 5.31. The molecule has 1 nitrogen and oxygen atoms in total. The molecule has 0 aliphatic rings. The Labute approximate surface area is 55.5 Å². The maximum Gasteiger partial charge on any atom is 0.0487 e. The molecule has 0 heterocycles.